The Morgan fingerprint density at radius 1 is 1.50 bits per heavy atom. The molecule has 1 aliphatic rings. The normalized spacial score (nSPS) is 20.9. The second-order valence-corrected chi connectivity index (χ2v) is 4.00. The summed E-state index contributed by atoms with van der Waals surface area (Å²) in [5, 5.41) is 0. The summed E-state index contributed by atoms with van der Waals surface area (Å²) in [6, 6.07) is 0. The molecule has 0 saturated carbocycles. The zero-order chi connectivity index (χ0) is 11.5. The van der Waals surface area contributed by atoms with Crippen molar-refractivity contribution >= 4 is 0 Å². The van der Waals surface area contributed by atoms with Gasteiger partial charge in [-0.25, -0.2) is 4.79 Å². The van der Waals surface area contributed by atoms with Crippen LogP contribution < -0.4 is 11.2 Å². The molecule has 5 nitrogen and oxygen atoms in total. The van der Waals surface area contributed by atoms with Gasteiger partial charge in [0.2, 0.25) is 0 Å². The molecule has 16 heavy (non-hydrogen) atoms. The Bertz CT molecular complexity index is 469. The van der Waals surface area contributed by atoms with Gasteiger partial charge in [-0.1, -0.05) is 6.92 Å². The van der Waals surface area contributed by atoms with Crippen molar-refractivity contribution in [1.82, 2.24) is 9.55 Å². The fourth-order valence-electron chi connectivity index (χ4n) is 1.94. The van der Waals surface area contributed by atoms with Crippen molar-refractivity contribution in [3.05, 3.63) is 32.6 Å². The van der Waals surface area contributed by atoms with Gasteiger partial charge in [0.25, 0.3) is 5.56 Å². The zero-order valence-corrected chi connectivity index (χ0v) is 9.36. The van der Waals surface area contributed by atoms with E-state index in [-0.39, 0.29) is 17.5 Å². The number of aromatic nitrogens is 2. The molecular formula is C11H16N2O3. The minimum absolute atomic E-state index is 0.219. The quantitative estimate of drug-likeness (QED) is 0.808. The molecule has 0 aliphatic carbocycles. The third-order valence-corrected chi connectivity index (χ3v) is 2.89. The Morgan fingerprint density at radius 2 is 2.31 bits per heavy atom. The maximum atomic E-state index is 11.6. The van der Waals surface area contributed by atoms with Gasteiger partial charge in [-0.2, -0.15) is 0 Å². The van der Waals surface area contributed by atoms with E-state index in [4.69, 9.17) is 4.74 Å². The van der Waals surface area contributed by atoms with Gasteiger partial charge in [0.05, 0.1) is 0 Å². The zero-order valence-electron chi connectivity index (χ0n) is 9.36. The van der Waals surface area contributed by atoms with Crippen LogP contribution in [0.3, 0.4) is 0 Å². The molecule has 2 heterocycles. The Kier molecular flexibility index (Phi) is 3.24. The molecule has 0 radical (unpaired) electrons. The van der Waals surface area contributed by atoms with E-state index < -0.39 is 0 Å². The molecule has 0 bridgehead atoms. The number of hydrogen-bond acceptors (Lipinski definition) is 3. The van der Waals surface area contributed by atoms with Crippen molar-refractivity contribution in [1.29, 1.82) is 0 Å². The van der Waals surface area contributed by atoms with E-state index in [0.29, 0.717) is 18.6 Å². The van der Waals surface area contributed by atoms with E-state index in [0.717, 1.165) is 19.3 Å². The number of H-pyrrole nitrogens is 1. The Labute approximate surface area is 93.1 Å². The molecule has 0 aromatic carbocycles. The lowest BCUT2D eigenvalue weighted by molar-refractivity contribution is -0.0350. The van der Waals surface area contributed by atoms with Crippen molar-refractivity contribution < 1.29 is 4.74 Å². The van der Waals surface area contributed by atoms with Crippen LogP contribution in [0.25, 0.3) is 0 Å². The second kappa shape index (κ2) is 4.65. The first-order valence-corrected chi connectivity index (χ1v) is 5.68. The molecule has 88 valence electrons. The maximum Gasteiger partial charge on any atom is 0.330 e. The first-order valence-electron chi connectivity index (χ1n) is 5.68. The molecule has 0 spiro atoms. The van der Waals surface area contributed by atoms with E-state index in [1.165, 1.54) is 4.57 Å². The summed E-state index contributed by atoms with van der Waals surface area (Å²) in [7, 11) is 0. The summed E-state index contributed by atoms with van der Waals surface area (Å²) in [5.74, 6) is 0. The molecule has 2 rings (SSSR count). The average Bonchev–Trinajstić information content (AvgIpc) is 2.30. The van der Waals surface area contributed by atoms with Gasteiger partial charge in [0, 0.05) is 18.4 Å². The molecule has 1 aromatic rings. The Hall–Kier alpha value is -1.36. The van der Waals surface area contributed by atoms with Crippen molar-refractivity contribution in [3.63, 3.8) is 0 Å². The summed E-state index contributed by atoms with van der Waals surface area (Å²) in [6.45, 7) is 2.57. The van der Waals surface area contributed by atoms with Crippen LogP contribution in [0.2, 0.25) is 0 Å². The molecule has 1 N–H and O–H groups in total. The largest absolute Gasteiger partial charge is 0.358 e. The minimum atomic E-state index is -0.380. The highest BCUT2D eigenvalue weighted by molar-refractivity contribution is 5.04. The molecule has 5 heteroatoms. The Balaban J connectivity index is 2.39. The van der Waals surface area contributed by atoms with Crippen LogP contribution in [-0.4, -0.2) is 16.2 Å². The number of hydrogen-bond donors (Lipinski definition) is 1. The first kappa shape index (κ1) is 11.1. The fourth-order valence-corrected chi connectivity index (χ4v) is 1.94. The standard InChI is InChI=1S/C11H16N2O3/c1-2-8-7-13(11(15)12-10(8)14)9-5-3-4-6-16-9/h7,9H,2-6H2,1H3,(H,12,14,15). The smallest absolute Gasteiger partial charge is 0.330 e. The number of aromatic amines is 1. The molecular weight excluding hydrogens is 208 g/mol. The van der Waals surface area contributed by atoms with Gasteiger partial charge >= 0.3 is 5.69 Å². The monoisotopic (exact) mass is 224 g/mol. The van der Waals surface area contributed by atoms with E-state index in [1.54, 1.807) is 6.20 Å². The van der Waals surface area contributed by atoms with Gasteiger partial charge in [-0.15, -0.1) is 0 Å². The number of ether oxygens (including phenoxy) is 1. The van der Waals surface area contributed by atoms with Gasteiger partial charge in [-0.05, 0) is 25.7 Å². The van der Waals surface area contributed by atoms with Crippen LogP contribution in [0.5, 0.6) is 0 Å². The third kappa shape index (κ3) is 2.09. The van der Waals surface area contributed by atoms with Gasteiger partial charge in [-0.3, -0.25) is 14.3 Å². The first-order chi connectivity index (χ1) is 7.72. The third-order valence-electron chi connectivity index (χ3n) is 2.89. The highest BCUT2D eigenvalue weighted by Crippen LogP contribution is 2.20. The number of nitrogens with zero attached hydrogens (tertiary/aromatic N) is 1. The second-order valence-electron chi connectivity index (χ2n) is 4.00. The molecule has 1 saturated heterocycles. The van der Waals surface area contributed by atoms with Crippen molar-refractivity contribution in [3.8, 4) is 0 Å². The molecule has 1 atom stereocenters. The summed E-state index contributed by atoms with van der Waals surface area (Å²) in [6.07, 6.45) is 4.94. The van der Waals surface area contributed by atoms with Crippen LogP contribution in [0.15, 0.2) is 15.8 Å². The summed E-state index contributed by atoms with van der Waals surface area (Å²) < 4.78 is 7.02. The van der Waals surface area contributed by atoms with Gasteiger partial charge < -0.3 is 4.74 Å². The SMILES string of the molecule is CCc1cn(C2CCCCO2)c(=O)[nH]c1=O. The van der Waals surface area contributed by atoms with E-state index in [2.05, 4.69) is 4.98 Å². The van der Waals surface area contributed by atoms with Crippen LogP contribution in [0, 0.1) is 0 Å². The average molecular weight is 224 g/mol. The van der Waals surface area contributed by atoms with Crippen molar-refractivity contribution in [2.45, 2.75) is 38.8 Å². The van der Waals surface area contributed by atoms with Crippen LogP contribution in [-0.2, 0) is 11.2 Å². The molecule has 1 aromatic heterocycles. The van der Waals surface area contributed by atoms with E-state index in [1.807, 2.05) is 6.92 Å². The van der Waals surface area contributed by atoms with Crippen molar-refractivity contribution in [2.75, 3.05) is 6.61 Å². The maximum absolute atomic E-state index is 11.6. The summed E-state index contributed by atoms with van der Waals surface area (Å²) in [4.78, 5) is 25.4. The van der Waals surface area contributed by atoms with Gasteiger partial charge in [0.1, 0.15) is 6.23 Å². The lowest BCUT2D eigenvalue weighted by Crippen LogP contribution is -2.35. The number of aryl methyl sites for hydroxylation is 1. The number of nitrogens with one attached hydrogen (secondary N) is 1. The van der Waals surface area contributed by atoms with Crippen LogP contribution >= 0.6 is 0 Å². The molecule has 1 aliphatic heterocycles. The van der Waals surface area contributed by atoms with E-state index in [9.17, 15) is 9.59 Å². The minimum Gasteiger partial charge on any atom is -0.358 e. The topological polar surface area (TPSA) is 64.1 Å². The predicted octanol–water partition coefficient (Wildman–Crippen LogP) is 0.798. The highest BCUT2D eigenvalue weighted by atomic mass is 16.5. The lowest BCUT2D eigenvalue weighted by Gasteiger charge is -2.24. The fraction of sp³-hybridized carbons (Fsp3) is 0.636. The van der Waals surface area contributed by atoms with Crippen LogP contribution in [0.4, 0.5) is 0 Å². The van der Waals surface area contributed by atoms with Gasteiger partial charge in [0.15, 0.2) is 0 Å². The lowest BCUT2D eigenvalue weighted by atomic mass is 10.2. The highest BCUT2D eigenvalue weighted by Gasteiger charge is 2.17. The Morgan fingerprint density at radius 3 is 2.94 bits per heavy atom. The van der Waals surface area contributed by atoms with Crippen LogP contribution in [0.1, 0.15) is 38.0 Å². The number of rotatable bonds is 2. The molecule has 0 amide bonds. The summed E-state index contributed by atoms with van der Waals surface area (Å²) >= 11 is 0. The van der Waals surface area contributed by atoms with E-state index >= 15 is 0 Å². The summed E-state index contributed by atoms with van der Waals surface area (Å²) in [5.41, 5.74) is -0.0533. The molecule has 1 unspecified atom stereocenters. The molecule has 1 fully saturated rings. The van der Waals surface area contributed by atoms with Crippen molar-refractivity contribution in [2.24, 2.45) is 0 Å². The predicted molar refractivity (Wildman–Crippen MR) is 59.5 cm³/mol.